The molecule has 1 aromatic rings. The molecule has 0 N–H and O–H groups in total. The van der Waals surface area contributed by atoms with Gasteiger partial charge in [-0.15, -0.1) is 0 Å². The minimum Gasteiger partial charge on any atom is -0.481 e. The summed E-state index contributed by atoms with van der Waals surface area (Å²) in [6.07, 6.45) is -4.92. The summed E-state index contributed by atoms with van der Waals surface area (Å²) in [6, 6.07) is 2.63. The van der Waals surface area contributed by atoms with Gasteiger partial charge in [-0.2, -0.15) is 13.2 Å². The van der Waals surface area contributed by atoms with Crippen LogP contribution in [0.15, 0.2) is 18.3 Å². The predicted octanol–water partition coefficient (Wildman–Crippen LogP) is 2.42. The molecule has 1 heterocycles. The normalized spacial score (nSPS) is 13.4. The smallest absolute Gasteiger partial charge is 0.425 e. The molecule has 1 aromatic heterocycles. The molecule has 0 amide bonds. The molecule has 0 radical (unpaired) electrons. The predicted molar refractivity (Wildman–Crippen MR) is 46.9 cm³/mol. The number of ether oxygens (including phenoxy) is 2. The highest BCUT2D eigenvalue weighted by atomic mass is 19.4. The monoisotopic (exact) mass is 221 g/mol. The van der Waals surface area contributed by atoms with E-state index in [2.05, 4.69) is 9.72 Å². The van der Waals surface area contributed by atoms with Crippen LogP contribution in [0.25, 0.3) is 0 Å². The molecule has 0 bridgehead atoms. The van der Waals surface area contributed by atoms with Gasteiger partial charge in [0.05, 0.1) is 7.11 Å². The standard InChI is InChI=1S/C9H10F3NO2/c1-6(9(10,11)12)15-7-3-4-13-8(5-7)14-2/h3-6H,1-2H3/t6-/m0/s1. The van der Waals surface area contributed by atoms with Crippen molar-refractivity contribution < 1.29 is 22.6 Å². The van der Waals surface area contributed by atoms with Crippen molar-refractivity contribution in [1.29, 1.82) is 0 Å². The third-order valence-corrected chi connectivity index (χ3v) is 1.69. The summed E-state index contributed by atoms with van der Waals surface area (Å²) in [7, 11) is 1.37. The number of nitrogens with zero attached hydrogens (tertiary/aromatic N) is 1. The Balaban J connectivity index is 2.72. The van der Waals surface area contributed by atoms with Crippen molar-refractivity contribution in [2.24, 2.45) is 0 Å². The Morgan fingerprint density at radius 3 is 2.60 bits per heavy atom. The van der Waals surface area contributed by atoms with Gasteiger partial charge in [0.25, 0.3) is 0 Å². The zero-order chi connectivity index (χ0) is 11.5. The number of hydrogen-bond acceptors (Lipinski definition) is 3. The largest absolute Gasteiger partial charge is 0.481 e. The summed E-state index contributed by atoms with van der Waals surface area (Å²) in [5, 5.41) is 0. The fourth-order valence-electron chi connectivity index (χ4n) is 0.847. The first-order chi connectivity index (χ1) is 6.93. The molecular weight excluding hydrogens is 211 g/mol. The molecule has 0 spiro atoms. The van der Waals surface area contributed by atoms with Crippen LogP contribution in [0.2, 0.25) is 0 Å². The summed E-state index contributed by atoms with van der Waals surface area (Å²) >= 11 is 0. The molecule has 0 saturated heterocycles. The van der Waals surface area contributed by atoms with Gasteiger partial charge in [0.15, 0.2) is 6.10 Å². The van der Waals surface area contributed by atoms with Crippen molar-refractivity contribution in [3.05, 3.63) is 18.3 Å². The molecule has 1 rings (SSSR count). The fourth-order valence-corrected chi connectivity index (χ4v) is 0.847. The molecule has 6 heteroatoms. The summed E-state index contributed by atoms with van der Waals surface area (Å²) in [4.78, 5) is 3.74. The minimum absolute atomic E-state index is 0.0756. The third kappa shape index (κ3) is 3.30. The van der Waals surface area contributed by atoms with Crippen molar-refractivity contribution >= 4 is 0 Å². The van der Waals surface area contributed by atoms with Gasteiger partial charge in [0, 0.05) is 12.3 Å². The number of hydrogen-bond donors (Lipinski definition) is 0. The van der Waals surface area contributed by atoms with Crippen LogP contribution in [0.1, 0.15) is 6.92 Å². The molecule has 0 unspecified atom stereocenters. The van der Waals surface area contributed by atoms with E-state index in [0.717, 1.165) is 6.92 Å². The number of pyridine rings is 1. The first-order valence-electron chi connectivity index (χ1n) is 4.17. The number of aromatic nitrogens is 1. The maximum Gasteiger partial charge on any atom is 0.425 e. The molecule has 0 aliphatic rings. The van der Waals surface area contributed by atoms with Crippen LogP contribution < -0.4 is 9.47 Å². The van der Waals surface area contributed by atoms with E-state index in [9.17, 15) is 13.2 Å². The molecule has 1 atom stereocenters. The van der Waals surface area contributed by atoms with Crippen molar-refractivity contribution in [2.75, 3.05) is 7.11 Å². The van der Waals surface area contributed by atoms with Crippen LogP contribution in [0.3, 0.4) is 0 Å². The lowest BCUT2D eigenvalue weighted by molar-refractivity contribution is -0.189. The van der Waals surface area contributed by atoms with Crippen LogP contribution in [-0.4, -0.2) is 24.4 Å². The third-order valence-electron chi connectivity index (χ3n) is 1.69. The second-order valence-corrected chi connectivity index (χ2v) is 2.84. The number of methoxy groups -OCH3 is 1. The Morgan fingerprint density at radius 2 is 2.07 bits per heavy atom. The Hall–Kier alpha value is -1.46. The topological polar surface area (TPSA) is 31.4 Å². The highest BCUT2D eigenvalue weighted by Gasteiger charge is 2.38. The lowest BCUT2D eigenvalue weighted by atomic mass is 10.4. The van der Waals surface area contributed by atoms with Crippen LogP contribution >= 0.6 is 0 Å². The molecule has 15 heavy (non-hydrogen) atoms. The van der Waals surface area contributed by atoms with Crippen LogP contribution in [0.4, 0.5) is 13.2 Å². The van der Waals surface area contributed by atoms with Crippen molar-refractivity contribution in [2.45, 2.75) is 19.2 Å². The van der Waals surface area contributed by atoms with Crippen LogP contribution in [-0.2, 0) is 0 Å². The summed E-state index contributed by atoms with van der Waals surface area (Å²) in [5.41, 5.74) is 0. The van der Waals surface area contributed by atoms with Gasteiger partial charge in [0.2, 0.25) is 5.88 Å². The Kier molecular flexibility index (Phi) is 3.39. The maximum atomic E-state index is 12.1. The van der Waals surface area contributed by atoms with Gasteiger partial charge < -0.3 is 9.47 Å². The Labute approximate surface area is 84.8 Å². The Bertz CT molecular complexity index is 327. The van der Waals surface area contributed by atoms with E-state index in [4.69, 9.17) is 4.74 Å². The molecule has 0 aromatic carbocycles. The maximum absolute atomic E-state index is 12.1. The quantitative estimate of drug-likeness (QED) is 0.785. The van der Waals surface area contributed by atoms with Gasteiger partial charge in [-0.25, -0.2) is 4.98 Å². The number of alkyl halides is 3. The molecule has 3 nitrogen and oxygen atoms in total. The molecule has 84 valence electrons. The van der Waals surface area contributed by atoms with E-state index in [1.54, 1.807) is 0 Å². The van der Waals surface area contributed by atoms with E-state index in [1.807, 2.05) is 0 Å². The fraction of sp³-hybridized carbons (Fsp3) is 0.444. The summed E-state index contributed by atoms with van der Waals surface area (Å²) in [5.74, 6) is 0.286. The van der Waals surface area contributed by atoms with Gasteiger partial charge >= 0.3 is 6.18 Å². The minimum atomic E-state index is -4.38. The molecular formula is C9H10F3NO2. The van der Waals surface area contributed by atoms with E-state index in [0.29, 0.717) is 0 Å². The molecule has 0 aliphatic carbocycles. The van der Waals surface area contributed by atoms with Crippen LogP contribution in [0, 0.1) is 0 Å². The number of halogens is 3. The lowest BCUT2D eigenvalue weighted by Crippen LogP contribution is -2.31. The van der Waals surface area contributed by atoms with E-state index < -0.39 is 12.3 Å². The van der Waals surface area contributed by atoms with Crippen molar-refractivity contribution in [3.63, 3.8) is 0 Å². The van der Waals surface area contributed by atoms with Gasteiger partial charge in [-0.1, -0.05) is 0 Å². The highest BCUT2D eigenvalue weighted by molar-refractivity contribution is 5.26. The van der Waals surface area contributed by atoms with Gasteiger partial charge in [0.1, 0.15) is 5.75 Å². The van der Waals surface area contributed by atoms with Gasteiger partial charge in [-0.3, -0.25) is 0 Å². The van der Waals surface area contributed by atoms with E-state index in [-0.39, 0.29) is 11.6 Å². The summed E-state index contributed by atoms with van der Waals surface area (Å²) < 4.78 is 45.9. The zero-order valence-corrected chi connectivity index (χ0v) is 8.21. The zero-order valence-electron chi connectivity index (χ0n) is 8.21. The van der Waals surface area contributed by atoms with Crippen LogP contribution in [0.5, 0.6) is 11.6 Å². The van der Waals surface area contributed by atoms with E-state index >= 15 is 0 Å². The van der Waals surface area contributed by atoms with Gasteiger partial charge in [-0.05, 0) is 13.0 Å². The lowest BCUT2D eigenvalue weighted by Gasteiger charge is -2.17. The SMILES string of the molecule is COc1cc(O[C@@H](C)C(F)(F)F)ccn1. The summed E-state index contributed by atoms with van der Waals surface area (Å²) in [6.45, 7) is 0.937. The highest BCUT2D eigenvalue weighted by Crippen LogP contribution is 2.25. The molecule has 0 saturated carbocycles. The Morgan fingerprint density at radius 1 is 1.40 bits per heavy atom. The second kappa shape index (κ2) is 4.37. The molecule has 0 aliphatic heterocycles. The first kappa shape index (κ1) is 11.6. The average Bonchev–Trinajstić information content (AvgIpc) is 2.16. The first-order valence-corrected chi connectivity index (χ1v) is 4.17. The average molecular weight is 221 g/mol. The van der Waals surface area contributed by atoms with Crippen molar-refractivity contribution in [1.82, 2.24) is 4.98 Å². The second-order valence-electron chi connectivity index (χ2n) is 2.84. The van der Waals surface area contributed by atoms with Crippen molar-refractivity contribution in [3.8, 4) is 11.6 Å². The number of rotatable bonds is 3. The van der Waals surface area contributed by atoms with E-state index in [1.165, 1.54) is 25.4 Å². The molecule has 0 fully saturated rings.